The first-order chi connectivity index (χ1) is 10.1. The lowest BCUT2D eigenvalue weighted by Gasteiger charge is -2.28. The second kappa shape index (κ2) is 7.03. The van der Waals surface area contributed by atoms with E-state index in [2.05, 4.69) is 5.32 Å². The van der Waals surface area contributed by atoms with Crippen molar-refractivity contribution in [3.63, 3.8) is 0 Å². The molecule has 1 aromatic carbocycles. The summed E-state index contributed by atoms with van der Waals surface area (Å²) in [7, 11) is 0. The molecule has 0 bridgehead atoms. The lowest BCUT2D eigenvalue weighted by Crippen LogP contribution is -2.47. The van der Waals surface area contributed by atoms with E-state index in [0.717, 1.165) is 24.8 Å². The van der Waals surface area contributed by atoms with Crippen molar-refractivity contribution in [3.05, 3.63) is 35.9 Å². The Kier molecular flexibility index (Phi) is 5.10. The molecular formula is C17H20N2O2. The van der Waals surface area contributed by atoms with E-state index >= 15 is 0 Å². The molecule has 0 saturated heterocycles. The first-order valence-corrected chi connectivity index (χ1v) is 7.36. The van der Waals surface area contributed by atoms with E-state index < -0.39 is 12.0 Å². The molecule has 2 rings (SSSR count). The second-order valence-corrected chi connectivity index (χ2v) is 5.65. The Balaban J connectivity index is 2.11. The number of hydrogen-bond donors (Lipinski definition) is 1. The highest BCUT2D eigenvalue weighted by Gasteiger charge is 2.31. The third-order valence-corrected chi connectivity index (χ3v) is 4.08. The van der Waals surface area contributed by atoms with Crippen LogP contribution in [0, 0.1) is 23.2 Å². The third kappa shape index (κ3) is 3.91. The Morgan fingerprint density at radius 1 is 1.33 bits per heavy atom. The SMILES string of the molecule is CC(=O)C(C#N)C(Cc1ccccc1)NC(=O)C1CCC1. The van der Waals surface area contributed by atoms with Crippen LogP contribution >= 0.6 is 0 Å². The number of Topliss-reactive ketones (excluding diaryl/α,β-unsaturated/α-hetero) is 1. The van der Waals surface area contributed by atoms with Crippen molar-refractivity contribution in [2.75, 3.05) is 0 Å². The Bertz CT molecular complexity index is 544. The molecule has 110 valence electrons. The number of rotatable bonds is 6. The summed E-state index contributed by atoms with van der Waals surface area (Å²) < 4.78 is 0. The molecule has 21 heavy (non-hydrogen) atoms. The summed E-state index contributed by atoms with van der Waals surface area (Å²) in [4.78, 5) is 23.8. The Morgan fingerprint density at radius 3 is 2.48 bits per heavy atom. The predicted octanol–water partition coefficient (Wildman–Crippen LogP) is 2.24. The van der Waals surface area contributed by atoms with Gasteiger partial charge in [-0.1, -0.05) is 36.8 Å². The molecule has 1 aromatic rings. The van der Waals surface area contributed by atoms with Crippen LogP contribution in [0.3, 0.4) is 0 Å². The summed E-state index contributed by atoms with van der Waals surface area (Å²) >= 11 is 0. The Labute approximate surface area is 125 Å². The lowest BCUT2D eigenvalue weighted by atomic mass is 9.83. The number of carbonyl (C=O) groups excluding carboxylic acids is 2. The minimum Gasteiger partial charge on any atom is -0.351 e. The quantitative estimate of drug-likeness (QED) is 0.871. The molecule has 1 saturated carbocycles. The summed E-state index contributed by atoms with van der Waals surface area (Å²) in [6, 6.07) is 11.2. The van der Waals surface area contributed by atoms with Crippen LogP contribution in [0.2, 0.25) is 0 Å². The fourth-order valence-electron chi connectivity index (χ4n) is 2.56. The summed E-state index contributed by atoms with van der Waals surface area (Å²) in [5, 5.41) is 12.2. The van der Waals surface area contributed by atoms with Crippen LogP contribution in [0.25, 0.3) is 0 Å². The largest absolute Gasteiger partial charge is 0.351 e. The summed E-state index contributed by atoms with van der Waals surface area (Å²) in [6.07, 6.45) is 3.38. The molecule has 0 aliphatic heterocycles. The van der Waals surface area contributed by atoms with Gasteiger partial charge in [0.1, 0.15) is 11.7 Å². The number of benzene rings is 1. The average Bonchev–Trinajstić information content (AvgIpc) is 2.37. The summed E-state index contributed by atoms with van der Waals surface area (Å²) in [6.45, 7) is 1.40. The van der Waals surface area contributed by atoms with Crippen LogP contribution in [0.1, 0.15) is 31.7 Å². The molecular weight excluding hydrogens is 264 g/mol. The monoisotopic (exact) mass is 284 g/mol. The van der Waals surface area contributed by atoms with Gasteiger partial charge in [0, 0.05) is 5.92 Å². The van der Waals surface area contributed by atoms with Crippen LogP contribution < -0.4 is 5.32 Å². The fraction of sp³-hybridized carbons (Fsp3) is 0.471. The van der Waals surface area contributed by atoms with Gasteiger partial charge in [-0.15, -0.1) is 0 Å². The van der Waals surface area contributed by atoms with E-state index in [0.29, 0.717) is 6.42 Å². The average molecular weight is 284 g/mol. The van der Waals surface area contributed by atoms with Crippen LogP contribution in [-0.2, 0) is 16.0 Å². The number of nitriles is 1. The van der Waals surface area contributed by atoms with Gasteiger partial charge < -0.3 is 5.32 Å². The maximum absolute atomic E-state index is 12.1. The standard InChI is InChI=1S/C17H20N2O2/c1-12(20)15(11-18)16(10-13-6-3-2-4-7-13)19-17(21)14-8-5-9-14/h2-4,6-7,14-16H,5,8-10H2,1H3,(H,19,21). The number of carbonyl (C=O) groups is 2. The minimum absolute atomic E-state index is 0.0244. The highest BCUT2D eigenvalue weighted by Crippen LogP contribution is 2.27. The number of nitrogens with one attached hydrogen (secondary N) is 1. The molecule has 2 unspecified atom stereocenters. The smallest absolute Gasteiger partial charge is 0.223 e. The summed E-state index contributed by atoms with van der Waals surface area (Å²) in [5.74, 6) is -0.972. The first-order valence-electron chi connectivity index (χ1n) is 7.36. The molecule has 2 atom stereocenters. The highest BCUT2D eigenvalue weighted by atomic mass is 16.2. The first kappa shape index (κ1) is 15.2. The molecule has 1 aliphatic rings. The van der Waals surface area contributed by atoms with E-state index in [1.165, 1.54) is 6.92 Å². The zero-order valence-electron chi connectivity index (χ0n) is 12.2. The van der Waals surface area contributed by atoms with Gasteiger partial charge in [-0.2, -0.15) is 5.26 Å². The lowest BCUT2D eigenvalue weighted by molar-refractivity contribution is -0.128. The van der Waals surface area contributed by atoms with Gasteiger partial charge in [-0.05, 0) is 31.7 Å². The molecule has 0 aromatic heterocycles. The van der Waals surface area contributed by atoms with Crippen LogP contribution in [0.4, 0.5) is 0 Å². The van der Waals surface area contributed by atoms with Crippen molar-refractivity contribution in [3.8, 4) is 6.07 Å². The fourth-order valence-corrected chi connectivity index (χ4v) is 2.56. The van der Waals surface area contributed by atoms with Crippen molar-refractivity contribution in [1.29, 1.82) is 5.26 Å². The molecule has 0 radical (unpaired) electrons. The van der Waals surface area contributed by atoms with Crippen LogP contribution in [0.15, 0.2) is 30.3 Å². The second-order valence-electron chi connectivity index (χ2n) is 5.65. The van der Waals surface area contributed by atoms with Crippen molar-refractivity contribution in [1.82, 2.24) is 5.32 Å². The Hall–Kier alpha value is -2.15. The zero-order chi connectivity index (χ0) is 15.2. The van der Waals surface area contributed by atoms with Gasteiger partial charge in [-0.3, -0.25) is 9.59 Å². The molecule has 4 heteroatoms. The molecule has 1 fully saturated rings. The number of ketones is 1. The molecule has 0 spiro atoms. The molecule has 1 N–H and O–H groups in total. The van der Waals surface area contributed by atoms with Crippen LogP contribution in [-0.4, -0.2) is 17.7 Å². The van der Waals surface area contributed by atoms with Gasteiger partial charge in [0.25, 0.3) is 0 Å². The zero-order valence-corrected chi connectivity index (χ0v) is 12.2. The van der Waals surface area contributed by atoms with E-state index in [-0.39, 0.29) is 17.6 Å². The van der Waals surface area contributed by atoms with Gasteiger partial charge in [0.05, 0.1) is 12.1 Å². The predicted molar refractivity (Wildman–Crippen MR) is 79.2 cm³/mol. The number of nitrogens with zero attached hydrogens (tertiary/aromatic N) is 1. The van der Waals surface area contributed by atoms with Crippen molar-refractivity contribution in [2.24, 2.45) is 11.8 Å². The Morgan fingerprint density at radius 2 is 2.00 bits per heavy atom. The van der Waals surface area contributed by atoms with Gasteiger partial charge >= 0.3 is 0 Å². The van der Waals surface area contributed by atoms with Gasteiger partial charge in [-0.25, -0.2) is 0 Å². The van der Waals surface area contributed by atoms with Gasteiger partial charge in [0.15, 0.2) is 0 Å². The van der Waals surface area contributed by atoms with Crippen molar-refractivity contribution >= 4 is 11.7 Å². The maximum Gasteiger partial charge on any atom is 0.223 e. The minimum atomic E-state index is -0.797. The van der Waals surface area contributed by atoms with E-state index in [4.69, 9.17) is 0 Å². The van der Waals surface area contributed by atoms with Crippen molar-refractivity contribution in [2.45, 2.75) is 38.6 Å². The normalized spacial score (nSPS) is 17.1. The molecule has 1 aliphatic carbocycles. The molecule has 4 nitrogen and oxygen atoms in total. The van der Waals surface area contributed by atoms with Crippen molar-refractivity contribution < 1.29 is 9.59 Å². The maximum atomic E-state index is 12.1. The third-order valence-electron chi connectivity index (χ3n) is 4.08. The molecule has 0 heterocycles. The number of hydrogen-bond acceptors (Lipinski definition) is 3. The van der Waals surface area contributed by atoms with E-state index in [9.17, 15) is 14.9 Å². The van der Waals surface area contributed by atoms with E-state index in [1.54, 1.807) is 0 Å². The van der Waals surface area contributed by atoms with E-state index in [1.807, 2.05) is 36.4 Å². The molecule has 1 amide bonds. The highest BCUT2D eigenvalue weighted by molar-refractivity contribution is 5.84. The van der Waals surface area contributed by atoms with Gasteiger partial charge in [0.2, 0.25) is 5.91 Å². The number of amides is 1. The van der Waals surface area contributed by atoms with Crippen LogP contribution in [0.5, 0.6) is 0 Å². The topological polar surface area (TPSA) is 70.0 Å². The summed E-state index contributed by atoms with van der Waals surface area (Å²) in [5.41, 5.74) is 1.01.